The van der Waals surface area contributed by atoms with Gasteiger partial charge in [-0.25, -0.2) is 0 Å². The maximum absolute atomic E-state index is 9.71. The summed E-state index contributed by atoms with van der Waals surface area (Å²) in [5.41, 5.74) is 14.2. The van der Waals surface area contributed by atoms with Gasteiger partial charge >= 0.3 is 113 Å². The smallest absolute Gasteiger partial charge is 0.550 e. The summed E-state index contributed by atoms with van der Waals surface area (Å²) in [6.45, 7) is 0. The normalized spacial score (nSPS) is 11.3. The predicted molar refractivity (Wildman–Crippen MR) is 85.1 cm³/mol. The van der Waals surface area contributed by atoms with E-state index in [2.05, 4.69) is 0 Å². The summed E-state index contributed by atoms with van der Waals surface area (Å²) < 4.78 is 0. The molecule has 6 N–H and O–H groups in total. The third kappa shape index (κ3) is 35.9. The Morgan fingerprint density at radius 2 is 0.600 bits per heavy atom. The molecule has 0 aliphatic carbocycles. The van der Waals surface area contributed by atoms with Crippen molar-refractivity contribution in [2.75, 3.05) is 0 Å². The van der Waals surface area contributed by atoms with Gasteiger partial charge in [0.1, 0.15) is 0 Å². The molecule has 0 amide bonds. The van der Waals surface area contributed by atoms with Gasteiger partial charge in [0, 0.05) is 55.3 Å². The average Bonchev–Trinajstić information content (AvgIpc) is 2.46. The molecule has 0 aromatic carbocycles. The summed E-state index contributed by atoms with van der Waals surface area (Å²) in [7, 11) is 0. The van der Waals surface area contributed by atoms with Crippen LogP contribution in [0.3, 0.4) is 0 Å². The average molecular weight is 513 g/mol. The van der Waals surface area contributed by atoms with Crippen molar-refractivity contribution in [3.63, 3.8) is 0 Å². The summed E-state index contributed by atoms with van der Waals surface area (Å²) in [6.07, 6.45) is -2.12. The van der Waals surface area contributed by atoms with Crippen molar-refractivity contribution in [1.29, 1.82) is 0 Å². The van der Waals surface area contributed by atoms with Crippen LogP contribution in [0.5, 0.6) is 0 Å². The van der Waals surface area contributed by atoms with Crippen molar-refractivity contribution in [1.82, 2.24) is 0 Å². The maximum atomic E-state index is 9.71. The molecular formula is C12H15Ca3N3O12. The quantitative estimate of drug-likeness (QED) is 0.241. The minimum Gasteiger partial charge on any atom is -0.550 e. The Labute approximate surface area is 259 Å². The molecule has 0 saturated heterocycles. The molecule has 18 heteroatoms. The number of carbonyl (C=O) groups is 6. The Morgan fingerprint density at radius 1 is 0.467 bits per heavy atom. The van der Waals surface area contributed by atoms with Crippen LogP contribution in [-0.2, 0) is 28.8 Å². The number of carbonyl (C=O) groups excluding carboxylic acids is 6. The van der Waals surface area contributed by atoms with E-state index in [1.807, 2.05) is 0 Å². The van der Waals surface area contributed by atoms with E-state index in [4.69, 9.17) is 17.2 Å². The number of hydrogen-bond donors (Lipinski definition) is 3. The SMILES string of the molecule is N[C@H](CC(=O)[O-])C(=O)[O-].N[C@H](CC(=O)[O-])C(=O)[O-].N[C@H](CC(=O)[O-])C(=O)[O-].[Ca+2].[Ca+2].[Ca+2]. The number of nitrogens with two attached hydrogens (primary N) is 3. The van der Waals surface area contributed by atoms with E-state index in [-0.39, 0.29) is 113 Å². The van der Waals surface area contributed by atoms with Crippen LogP contribution in [0.25, 0.3) is 0 Å². The number of carboxylic acid groups (broad SMARTS) is 6. The van der Waals surface area contributed by atoms with E-state index in [1.165, 1.54) is 0 Å². The third-order valence-corrected chi connectivity index (χ3v) is 2.07. The molecule has 3 atom stereocenters. The van der Waals surface area contributed by atoms with Crippen LogP contribution in [0.2, 0.25) is 0 Å². The Kier molecular flexibility index (Phi) is 37.9. The van der Waals surface area contributed by atoms with E-state index < -0.39 is 73.2 Å². The van der Waals surface area contributed by atoms with E-state index in [0.29, 0.717) is 0 Å². The summed E-state index contributed by atoms with van der Waals surface area (Å²) in [5, 5.41) is 58.0. The molecule has 0 rings (SSSR count). The van der Waals surface area contributed by atoms with Crippen LogP contribution in [0.1, 0.15) is 19.3 Å². The molecule has 0 saturated carbocycles. The second-order valence-electron chi connectivity index (χ2n) is 4.50. The Hall–Kier alpha value is 0.479. The first-order valence-corrected chi connectivity index (χ1v) is 6.60. The molecule has 0 heterocycles. The Balaban J connectivity index is -0.0000000686. The van der Waals surface area contributed by atoms with Gasteiger partial charge in [-0.05, 0) is 0 Å². The van der Waals surface area contributed by atoms with Crippen molar-refractivity contribution in [3.05, 3.63) is 0 Å². The molecule has 0 fully saturated rings. The van der Waals surface area contributed by atoms with Gasteiger partial charge in [-0.1, -0.05) is 0 Å². The Morgan fingerprint density at radius 3 is 0.633 bits per heavy atom. The van der Waals surface area contributed by atoms with Gasteiger partial charge in [0.05, 0.1) is 17.9 Å². The fourth-order valence-corrected chi connectivity index (χ4v) is 0.789. The van der Waals surface area contributed by atoms with Crippen LogP contribution in [0.4, 0.5) is 0 Å². The second kappa shape index (κ2) is 25.7. The summed E-state index contributed by atoms with van der Waals surface area (Å²) >= 11 is 0. The van der Waals surface area contributed by atoms with Gasteiger partial charge in [0.15, 0.2) is 0 Å². The van der Waals surface area contributed by atoms with Crippen molar-refractivity contribution < 1.29 is 59.4 Å². The number of carboxylic acids is 6. The summed E-state index contributed by atoms with van der Waals surface area (Å²) in [4.78, 5) is 58.0. The maximum Gasteiger partial charge on any atom is 2.00 e. The zero-order valence-corrected chi connectivity index (χ0v) is 22.2. The number of aliphatic carboxylic acids is 6. The minimum absolute atomic E-state index is 0. The molecule has 30 heavy (non-hydrogen) atoms. The van der Waals surface area contributed by atoms with Crippen molar-refractivity contribution >= 4 is 149 Å². The summed E-state index contributed by atoms with van der Waals surface area (Å²) in [5.74, 6) is -9.23. The van der Waals surface area contributed by atoms with E-state index >= 15 is 0 Å². The van der Waals surface area contributed by atoms with Crippen LogP contribution >= 0.6 is 0 Å². The van der Waals surface area contributed by atoms with Gasteiger partial charge in [0.25, 0.3) is 0 Å². The van der Waals surface area contributed by atoms with E-state index in [0.717, 1.165) is 0 Å². The van der Waals surface area contributed by atoms with Crippen LogP contribution in [0, 0.1) is 0 Å². The number of rotatable bonds is 9. The molecule has 0 bridgehead atoms. The van der Waals surface area contributed by atoms with Crippen molar-refractivity contribution in [3.8, 4) is 0 Å². The third-order valence-electron chi connectivity index (χ3n) is 2.07. The van der Waals surface area contributed by atoms with Gasteiger partial charge < -0.3 is 76.6 Å². The molecule has 0 aromatic heterocycles. The van der Waals surface area contributed by atoms with Crippen LogP contribution < -0.4 is 47.8 Å². The molecule has 0 unspecified atom stereocenters. The minimum atomic E-state index is -1.58. The van der Waals surface area contributed by atoms with Crippen LogP contribution in [-0.4, -0.2) is 167 Å². The fourth-order valence-electron chi connectivity index (χ4n) is 0.789. The van der Waals surface area contributed by atoms with Gasteiger partial charge in [-0.2, -0.15) is 0 Å². The molecule has 0 aromatic rings. The first-order valence-electron chi connectivity index (χ1n) is 6.60. The van der Waals surface area contributed by atoms with Gasteiger partial charge in [0.2, 0.25) is 0 Å². The first kappa shape index (κ1) is 44.2. The van der Waals surface area contributed by atoms with E-state index in [9.17, 15) is 59.4 Å². The molecule has 156 valence electrons. The topological polar surface area (TPSA) is 319 Å². The van der Waals surface area contributed by atoms with E-state index in [1.54, 1.807) is 0 Å². The van der Waals surface area contributed by atoms with Crippen LogP contribution in [0.15, 0.2) is 0 Å². The molecule has 0 aliphatic heterocycles. The standard InChI is InChI=1S/3C4H7NO4.3Ca/c3*5-2(4(8)9)1-3(6)7;;;/h3*2H,1,5H2,(H,6,7)(H,8,9);;;/q;;;3*+2/p-6/t3*2-;;;/m111.../s1. The predicted octanol–water partition coefficient (Wildman–Crippen LogP) is -12.5. The molecular weight excluding hydrogens is 498 g/mol. The molecule has 0 aliphatic rings. The van der Waals surface area contributed by atoms with Gasteiger partial charge in [-0.3, -0.25) is 0 Å². The molecule has 0 radical (unpaired) electrons. The zero-order chi connectivity index (χ0) is 22.3. The largest absolute Gasteiger partial charge is 2.00 e. The first-order chi connectivity index (χ1) is 12.1. The second-order valence-corrected chi connectivity index (χ2v) is 4.50. The van der Waals surface area contributed by atoms with Crippen molar-refractivity contribution in [2.24, 2.45) is 17.2 Å². The molecule has 0 spiro atoms. The monoisotopic (exact) mass is 513 g/mol. The zero-order valence-electron chi connectivity index (χ0n) is 15.6. The van der Waals surface area contributed by atoms with Gasteiger partial charge in [-0.15, -0.1) is 0 Å². The van der Waals surface area contributed by atoms with Crippen molar-refractivity contribution in [2.45, 2.75) is 37.4 Å². The number of hydrogen-bond acceptors (Lipinski definition) is 15. The molecule has 15 nitrogen and oxygen atoms in total. The Bertz CT molecular complexity index is 488. The summed E-state index contributed by atoms with van der Waals surface area (Å²) in [6, 6.07) is -4.39. The fraction of sp³-hybridized carbons (Fsp3) is 0.500.